The van der Waals surface area contributed by atoms with Crippen LogP contribution in [0.15, 0.2) is 53.4 Å². The van der Waals surface area contributed by atoms with Crippen molar-refractivity contribution < 1.29 is 26.4 Å². The lowest BCUT2D eigenvalue weighted by Gasteiger charge is -2.41. The van der Waals surface area contributed by atoms with Crippen molar-refractivity contribution in [3.63, 3.8) is 0 Å². The summed E-state index contributed by atoms with van der Waals surface area (Å²) >= 11 is 0. The van der Waals surface area contributed by atoms with Gasteiger partial charge in [-0.25, -0.2) is 13.4 Å². The molecule has 1 amide bonds. The Morgan fingerprint density at radius 2 is 1.82 bits per heavy atom. The quantitative estimate of drug-likeness (QED) is 0.427. The zero-order chi connectivity index (χ0) is 27.9. The minimum Gasteiger partial charge on any atom is -0.341 e. The van der Waals surface area contributed by atoms with E-state index in [0.717, 1.165) is 12.5 Å². The smallest absolute Gasteiger partial charge is 0.341 e. The van der Waals surface area contributed by atoms with Gasteiger partial charge < -0.3 is 15.2 Å². The number of nitrogens with zero attached hydrogens (tertiary/aromatic N) is 2. The van der Waals surface area contributed by atoms with Gasteiger partial charge in [0.05, 0.1) is 27.6 Å². The number of fused-ring (bicyclic) bond motifs is 1. The monoisotopic (exact) mass is 562 g/mol. The number of hydrogen-bond acceptors (Lipinski definition) is 5. The highest BCUT2D eigenvalue weighted by molar-refractivity contribution is 7.91. The number of alkyl halides is 3. The fraction of sp³-hybridized carbons (Fsp3) is 0.500. The second-order valence-corrected chi connectivity index (χ2v) is 13.0. The fourth-order valence-corrected chi connectivity index (χ4v) is 7.88. The summed E-state index contributed by atoms with van der Waals surface area (Å²) in [6.07, 6.45) is -2.09. The molecule has 39 heavy (non-hydrogen) atoms. The Labute approximate surface area is 226 Å². The van der Waals surface area contributed by atoms with Gasteiger partial charge in [-0.05, 0) is 55.9 Å². The highest BCUT2D eigenvalue weighted by Crippen LogP contribution is 2.39. The summed E-state index contributed by atoms with van der Waals surface area (Å²) in [5.41, 5.74) is -0.802. The fourth-order valence-electron chi connectivity index (χ4n) is 6.20. The molecule has 1 saturated heterocycles. The maximum atomic E-state index is 13.7. The van der Waals surface area contributed by atoms with E-state index < -0.39 is 27.5 Å². The van der Waals surface area contributed by atoms with Gasteiger partial charge in [0.1, 0.15) is 11.3 Å². The first-order valence-electron chi connectivity index (χ1n) is 13.3. The Balaban J connectivity index is 1.40. The van der Waals surface area contributed by atoms with Crippen LogP contribution in [-0.4, -0.2) is 59.6 Å². The predicted octanol–water partition coefficient (Wildman–Crippen LogP) is 4.91. The molecule has 11 heteroatoms. The number of H-pyrrole nitrogens is 1. The van der Waals surface area contributed by atoms with Gasteiger partial charge in [-0.2, -0.15) is 13.2 Å². The Morgan fingerprint density at radius 3 is 2.51 bits per heavy atom. The van der Waals surface area contributed by atoms with E-state index in [9.17, 15) is 26.4 Å². The number of imidazole rings is 1. The lowest BCUT2D eigenvalue weighted by atomic mass is 9.81. The van der Waals surface area contributed by atoms with Crippen LogP contribution in [0.25, 0.3) is 11.0 Å². The molecule has 210 valence electrons. The third kappa shape index (κ3) is 5.70. The van der Waals surface area contributed by atoms with E-state index in [1.165, 1.54) is 12.1 Å². The Bertz CT molecular complexity index is 1440. The first-order valence-corrected chi connectivity index (χ1v) is 15.0. The number of benzene rings is 2. The number of sulfone groups is 1. The molecule has 2 N–H and O–H groups in total. The van der Waals surface area contributed by atoms with Crippen LogP contribution in [0.1, 0.15) is 56.8 Å². The number of para-hydroxylation sites is 1. The minimum atomic E-state index is -4.56. The normalized spacial score (nSPS) is 24.7. The highest BCUT2D eigenvalue weighted by Gasteiger charge is 2.44. The third-order valence-electron chi connectivity index (χ3n) is 7.85. The van der Waals surface area contributed by atoms with Gasteiger partial charge in [-0.3, -0.25) is 4.79 Å². The number of hydrogen-bond donors (Lipinski definition) is 2. The molecule has 0 radical (unpaired) electrons. The molecule has 2 heterocycles. The van der Waals surface area contributed by atoms with Crippen LogP contribution in [0, 0.1) is 5.92 Å². The van der Waals surface area contributed by atoms with Gasteiger partial charge in [-0.1, -0.05) is 38.1 Å². The summed E-state index contributed by atoms with van der Waals surface area (Å²) in [6, 6.07) is 12.3. The Hall–Kier alpha value is -2.92. The molecule has 1 aliphatic carbocycles. The third-order valence-corrected chi connectivity index (χ3v) is 9.71. The SMILES string of the molecule is CC(C)N[C@@H]1CCC(N2CCC(c3nc4c(C(F)(F)F)cccc4[nH]3)C2=O)[C@H](CS(=O)(=O)c2ccccc2)C1. The van der Waals surface area contributed by atoms with E-state index >= 15 is 0 Å². The highest BCUT2D eigenvalue weighted by atomic mass is 32.2. The van der Waals surface area contributed by atoms with Crippen molar-refractivity contribution >= 4 is 26.8 Å². The zero-order valence-corrected chi connectivity index (χ0v) is 22.7. The van der Waals surface area contributed by atoms with Crippen molar-refractivity contribution in [2.75, 3.05) is 12.3 Å². The number of halogens is 3. The number of carbonyl (C=O) groups excluding carboxylic acids is 1. The molecule has 2 unspecified atom stereocenters. The van der Waals surface area contributed by atoms with Crippen LogP contribution in [-0.2, 0) is 20.8 Å². The van der Waals surface area contributed by atoms with E-state index in [4.69, 9.17) is 0 Å². The molecule has 0 spiro atoms. The van der Waals surface area contributed by atoms with E-state index in [1.807, 2.05) is 13.8 Å². The lowest BCUT2D eigenvalue weighted by molar-refractivity contribution is -0.136. The molecule has 5 rings (SSSR count). The summed E-state index contributed by atoms with van der Waals surface area (Å²) in [7, 11) is -3.58. The maximum absolute atomic E-state index is 13.7. The number of aromatic nitrogens is 2. The van der Waals surface area contributed by atoms with E-state index in [1.54, 1.807) is 35.2 Å². The van der Waals surface area contributed by atoms with Gasteiger partial charge in [0.2, 0.25) is 5.91 Å². The Morgan fingerprint density at radius 1 is 1.08 bits per heavy atom. The van der Waals surface area contributed by atoms with Crippen LogP contribution in [0.5, 0.6) is 0 Å². The molecule has 3 aromatic rings. The number of carbonyl (C=O) groups is 1. The van der Waals surface area contributed by atoms with Gasteiger partial charge in [-0.15, -0.1) is 0 Å². The second kappa shape index (κ2) is 10.6. The average molecular weight is 563 g/mol. The van der Waals surface area contributed by atoms with E-state index in [2.05, 4.69) is 15.3 Å². The first kappa shape index (κ1) is 27.6. The van der Waals surface area contributed by atoms with Crippen molar-refractivity contribution in [2.45, 2.75) is 74.6 Å². The number of aromatic amines is 1. The number of likely N-dealkylation sites (tertiary alicyclic amines) is 1. The summed E-state index contributed by atoms with van der Waals surface area (Å²) in [6.45, 7) is 4.50. The van der Waals surface area contributed by atoms with Crippen molar-refractivity contribution in [1.29, 1.82) is 0 Å². The van der Waals surface area contributed by atoms with E-state index in [-0.39, 0.29) is 57.5 Å². The summed E-state index contributed by atoms with van der Waals surface area (Å²) in [5, 5.41) is 3.52. The zero-order valence-electron chi connectivity index (χ0n) is 21.9. The first-order chi connectivity index (χ1) is 18.4. The van der Waals surface area contributed by atoms with E-state index in [0.29, 0.717) is 25.8 Å². The van der Waals surface area contributed by atoms with Gasteiger partial charge >= 0.3 is 6.18 Å². The molecule has 4 atom stereocenters. The maximum Gasteiger partial charge on any atom is 0.418 e. The summed E-state index contributed by atoms with van der Waals surface area (Å²) in [4.78, 5) is 22.9. The molecule has 1 aliphatic heterocycles. The molecule has 0 bridgehead atoms. The molecule has 1 aromatic heterocycles. The number of rotatable bonds is 7. The summed E-state index contributed by atoms with van der Waals surface area (Å²) < 4.78 is 67.2. The van der Waals surface area contributed by atoms with Crippen LogP contribution in [0.3, 0.4) is 0 Å². The molecule has 1 saturated carbocycles. The molecule has 7 nitrogen and oxygen atoms in total. The van der Waals surface area contributed by atoms with Gasteiger partial charge in [0, 0.05) is 24.7 Å². The predicted molar refractivity (Wildman–Crippen MR) is 142 cm³/mol. The topological polar surface area (TPSA) is 95.2 Å². The van der Waals surface area contributed by atoms with Crippen LogP contribution >= 0.6 is 0 Å². The Kier molecular flexibility index (Phi) is 7.49. The van der Waals surface area contributed by atoms with Crippen molar-refractivity contribution in [3.05, 3.63) is 59.9 Å². The molecule has 2 fully saturated rings. The number of amides is 1. The summed E-state index contributed by atoms with van der Waals surface area (Å²) in [5.74, 6) is -1.05. The molecular formula is C28H33F3N4O3S. The van der Waals surface area contributed by atoms with Crippen LogP contribution < -0.4 is 5.32 Å². The second-order valence-electron chi connectivity index (χ2n) is 10.9. The van der Waals surface area contributed by atoms with Gasteiger partial charge in [0.25, 0.3) is 0 Å². The average Bonchev–Trinajstić information content (AvgIpc) is 3.46. The van der Waals surface area contributed by atoms with Crippen LogP contribution in [0.2, 0.25) is 0 Å². The molecular weight excluding hydrogens is 529 g/mol. The van der Waals surface area contributed by atoms with Crippen molar-refractivity contribution in [1.82, 2.24) is 20.2 Å². The lowest BCUT2D eigenvalue weighted by Crippen LogP contribution is -2.51. The minimum absolute atomic E-state index is 0.0774. The number of nitrogens with one attached hydrogen (secondary N) is 2. The van der Waals surface area contributed by atoms with Crippen LogP contribution in [0.4, 0.5) is 13.2 Å². The standard InChI is InChI=1S/C28H33F3N4O3S/c1-17(2)32-19-11-12-24(18(15-19)16-39(37,38)20-7-4-3-5-8-20)35-14-13-21(27(35)36)26-33-23-10-6-9-22(25(23)34-26)28(29,30)31/h3-10,17-19,21,24,32H,11-16H2,1-2H3,(H,33,34)/t18-,19+,21?,24?/m0/s1. The van der Waals surface area contributed by atoms with Crippen molar-refractivity contribution in [3.8, 4) is 0 Å². The van der Waals surface area contributed by atoms with Gasteiger partial charge in [0.15, 0.2) is 9.84 Å². The molecule has 2 aromatic carbocycles. The van der Waals surface area contributed by atoms with Crippen molar-refractivity contribution in [2.24, 2.45) is 5.92 Å². The molecule has 2 aliphatic rings. The largest absolute Gasteiger partial charge is 0.418 e.